The first-order valence-electron chi connectivity index (χ1n) is 11.9. The number of nitrogens with zero attached hydrogens (tertiary/aromatic N) is 1. The van der Waals surface area contributed by atoms with Crippen molar-refractivity contribution in [1.82, 2.24) is 4.90 Å². The van der Waals surface area contributed by atoms with Crippen LogP contribution in [0.15, 0.2) is 127 Å². The number of rotatable bonds is 1. The highest BCUT2D eigenvalue weighted by molar-refractivity contribution is 6.35. The normalized spacial score (nSPS) is 9.82. The van der Waals surface area contributed by atoms with E-state index in [9.17, 15) is 4.79 Å². The standard InChI is InChI=1S/3C10H7Cl.C3H7NO/c11-10-7-3-5-8-4-1-2-6-9(8)10;2*11-10-6-5-8-3-1-2-4-9(8)7-10;1-4(2)3-5/h3*1-7H;3H,1-2H3. The summed E-state index contributed by atoms with van der Waals surface area (Å²) in [6, 6.07) is 42.2. The minimum Gasteiger partial charge on any atom is -0.351 e. The second-order valence-corrected chi connectivity index (χ2v) is 9.79. The van der Waals surface area contributed by atoms with Crippen molar-refractivity contribution < 1.29 is 4.79 Å². The number of hydrogen-bond donors (Lipinski definition) is 0. The molecular formula is C33H28Cl3NO. The number of hydrogen-bond acceptors (Lipinski definition) is 1. The number of benzene rings is 6. The van der Waals surface area contributed by atoms with Gasteiger partial charge in [0, 0.05) is 34.5 Å². The molecule has 0 bridgehead atoms. The van der Waals surface area contributed by atoms with Gasteiger partial charge in [0.2, 0.25) is 6.41 Å². The summed E-state index contributed by atoms with van der Waals surface area (Å²) in [4.78, 5) is 10.9. The fraction of sp³-hybridized carbons (Fsp3) is 0.0606. The summed E-state index contributed by atoms with van der Waals surface area (Å²) in [5, 5.41) is 9.58. The largest absolute Gasteiger partial charge is 0.351 e. The van der Waals surface area contributed by atoms with Gasteiger partial charge in [-0.05, 0) is 57.3 Å². The van der Waals surface area contributed by atoms with Crippen molar-refractivity contribution >= 4 is 73.5 Å². The Morgan fingerprint density at radius 2 is 0.895 bits per heavy atom. The predicted octanol–water partition coefficient (Wildman–Crippen LogP) is 10.2. The molecule has 0 saturated heterocycles. The summed E-state index contributed by atoms with van der Waals surface area (Å²) in [5.41, 5.74) is 0. The van der Waals surface area contributed by atoms with Crippen LogP contribution < -0.4 is 0 Å². The lowest BCUT2D eigenvalue weighted by atomic mass is 10.1. The van der Waals surface area contributed by atoms with Gasteiger partial charge in [0.15, 0.2) is 0 Å². The molecule has 6 rings (SSSR count). The molecule has 0 radical (unpaired) electrons. The number of carbonyl (C=O) groups excluding carboxylic acids is 1. The smallest absolute Gasteiger partial charge is 0.209 e. The van der Waals surface area contributed by atoms with E-state index in [2.05, 4.69) is 36.4 Å². The lowest BCUT2D eigenvalue weighted by Crippen LogP contribution is -2.06. The van der Waals surface area contributed by atoms with Crippen LogP contribution >= 0.6 is 34.8 Å². The fourth-order valence-electron chi connectivity index (χ4n) is 3.51. The molecule has 0 N–H and O–H groups in total. The van der Waals surface area contributed by atoms with Crippen LogP contribution in [0.4, 0.5) is 0 Å². The molecule has 2 nitrogen and oxygen atoms in total. The molecule has 0 aromatic heterocycles. The minimum atomic E-state index is 0.750. The quantitative estimate of drug-likeness (QED) is 0.183. The van der Waals surface area contributed by atoms with Crippen molar-refractivity contribution in [1.29, 1.82) is 0 Å². The van der Waals surface area contributed by atoms with Crippen LogP contribution in [0.5, 0.6) is 0 Å². The molecule has 6 aromatic carbocycles. The van der Waals surface area contributed by atoms with E-state index in [1.165, 1.54) is 31.8 Å². The third-order valence-corrected chi connectivity index (χ3v) is 6.17. The van der Waals surface area contributed by atoms with Crippen LogP contribution in [-0.2, 0) is 4.79 Å². The molecule has 38 heavy (non-hydrogen) atoms. The Morgan fingerprint density at radius 1 is 0.500 bits per heavy atom. The Hall–Kier alpha value is -3.56. The lowest BCUT2D eigenvalue weighted by molar-refractivity contribution is -0.115. The number of carbonyl (C=O) groups is 1. The third-order valence-electron chi connectivity index (χ3n) is 5.37. The second kappa shape index (κ2) is 15.0. The zero-order valence-electron chi connectivity index (χ0n) is 21.2. The van der Waals surface area contributed by atoms with Crippen molar-refractivity contribution in [3.05, 3.63) is 142 Å². The van der Waals surface area contributed by atoms with Crippen molar-refractivity contribution in [3.63, 3.8) is 0 Å². The SMILES string of the molecule is CN(C)C=O.Clc1ccc2ccccc2c1.Clc1ccc2ccccc2c1.Clc1cccc2ccccc12. The fourth-order valence-corrected chi connectivity index (χ4v) is 4.11. The first-order valence-corrected chi connectivity index (χ1v) is 13.0. The highest BCUT2D eigenvalue weighted by Crippen LogP contribution is 2.22. The van der Waals surface area contributed by atoms with Gasteiger partial charge < -0.3 is 4.90 Å². The van der Waals surface area contributed by atoms with Gasteiger partial charge in [0.25, 0.3) is 0 Å². The first kappa shape index (κ1) is 29.0. The predicted molar refractivity (Wildman–Crippen MR) is 167 cm³/mol. The van der Waals surface area contributed by atoms with E-state index in [0.717, 1.165) is 26.9 Å². The molecule has 0 aliphatic heterocycles. The van der Waals surface area contributed by atoms with Crippen molar-refractivity contribution in [3.8, 4) is 0 Å². The third kappa shape index (κ3) is 9.08. The van der Waals surface area contributed by atoms with E-state index in [0.29, 0.717) is 0 Å². The van der Waals surface area contributed by atoms with Crippen LogP contribution in [0.25, 0.3) is 32.3 Å². The van der Waals surface area contributed by atoms with Crippen LogP contribution in [0.2, 0.25) is 15.1 Å². The Labute approximate surface area is 239 Å². The van der Waals surface area contributed by atoms with Gasteiger partial charge in [-0.25, -0.2) is 0 Å². The van der Waals surface area contributed by atoms with Gasteiger partial charge in [0.05, 0.1) is 0 Å². The molecule has 5 heteroatoms. The van der Waals surface area contributed by atoms with E-state index in [1.54, 1.807) is 14.1 Å². The molecule has 192 valence electrons. The average Bonchev–Trinajstić information content (AvgIpc) is 2.94. The second-order valence-electron chi connectivity index (χ2n) is 8.51. The summed E-state index contributed by atoms with van der Waals surface area (Å²) < 4.78 is 0. The van der Waals surface area contributed by atoms with Crippen molar-refractivity contribution in [2.45, 2.75) is 0 Å². The molecule has 0 spiro atoms. The average molecular weight is 561 g/mol. The molecule has 0 saturated carbocycles. The summed E-state index contributed by atoms with van der Waals surface area (Å²) in [6.07, 6.45) is 0.750. The zero-order valence-corrected chi connectivity index (χ0v) is 23.5. The van der Waals surface area contributed by atoms with Gasteiger partial charge in [-0.1, -0.05) is 132 Å². The molecule has 0 aliphatic rings. The molecular weight excluding hydrogens is 533 g/mol. The number of fused-ring (bicyclic) bond motifs is 3. The summed E-state index contributed by atoms with van der Waals surface area (Å²) in [6.45, 7) is 0. The van der Waals surface area contributed by atoms with E-state index < -0.39 is 0 Å². The monoisotopic (exact) mass is 559 g/mol. The van der Waals surface area contributed by atoms with Crippen LogP contribution in [-0.4, -0.2) is 25.4 Å². The van der Waals surface area contributed by atoms with Gasteiger partial charge in [-0.2, -0.15) is 0 Å². The molecule has 0 atom stereocenters. The van der Waals surface area contributed by atoms with E-state index >= 15 is 0 Å². The maximum absolute atomic E-state index is 9.43. The summed E-state index contributed by atoms with van der Waals surface area (Å²) >= 11 is 17.6. The highest BCUT2D eigenvalue weighted by atomic mass is 35.5. The van der Waals surface area contributed by atoms with Gasteiger partial charge in [0.1, 0.15) is 0 Å². The van der Waals surface area contributed by atoms with Crippen LogP contribution in [0.3, 0.4) is 0 Å². The van der Waals surface area contributed by atoms with E-state index in [4.69, 9.17) is 34.8 Å². The van der Waals surface area contributed by atoms with Crippen LogP contribution in [0, 0.1) is 0 Å². The molecule has 0 aliphatic carbocycles. The van der Waals surface area contributed by atoms with Gasteiger partial charge >= 0.3 is 0 Å². The topological polar surface area (TPSA) is 20.3 Å². The van der Waals surface area contributed by atoms with Crippen LogP contribution in [0.1, 0.15) is 0 Å². The summed E-state index contributed by atoms with van der Waals surface area (Å²) in [5.74, 6) is 0. The molecule has 0 heterocycles. The molecule has 6 aromatic rings. The van der Waals surface area contributed by atoms with Gasteiger partial charge in [-0.15, -0.1) is 0 Å². The van der Waals surface area contributed by atoms with E-state index in [-0.39, 0.29) is 0 Å². The molecule has 0 fully saturated rings. The minimum absolute atomic E-state index is 0.750. The number of amides is 1. The Kier molecular flexibility index (Phi) is 11.4. The number of halogens is 3. The summed E-state index contributed by atoms with van der Waals surface area (Å²) in [7, 11) is 3.38. The maximum atomic E-state index is 9.43. The Balaban J connectivity index is 0.000000145. The highest BCUT2D eigenvalue weighted by Gasteiger charge is 1.94. The zero-order chi connectivity index (χ0) is 27.3. The van der Waals surface area contributed by atoms with Crippen molar-refractivity contribution in [2.75, 3.05) is 14.1 Å². The van der Waals surface area contributed by atoms with E-state index in [1.807, 2.05) is 91.0 Å². The lowest BCUT2D eigenvalue weighted by Gasteiger charge is -1.97. The van der Waals surface area contributed by atoms with Crippen molar-refractivity contribution in [2.24, 2.45) is 0 Å². The molecule has 0 unspecified atom stereocenters. The maximum Gasteiger partial charge on any atom is 0.209 e. The first-order chi connectivity index (χ1) is 18.4. The van der Waals surface area contributed by atoms with Gasteiger partial charge in [-0.3, -0.25) is 4.79 Å². The Bertz CT molecular complexity index is 1520. The molecule has 1 amide bonds. The Morgan fingerprint density at radius 3 is 1.34 bits per heavy atom.